The van der Waals surface area contributed by atoms with Gasteiger partial charge in [-0.25, -0.2) is 14.0 Å². The van der Waals surface area contributed by atoms with E-state index in [-0.39, 0.29) is 116 Å². The van der Waals surface area contributed by atoms with Gasteiger partial charge in [-0.15, -0.1) is 0 Å². The Balaban J connectivity index is 0.000000142. The fraction of sp³-hybridized carbons (Fsp3) is 0.400. The third-order valence-electron chi connectivity index (χ3n) is 22.6. The van der Waals surface area contributed by atoms with Gasteiger partial charge in [-0.3, -0.25) is 42.8 Å². The molecule has 3 spiro atoms. The predicted octanol–water partition coefficient (Wildman–Crippen LogP) is 9.55. The number of carbonyl (C=O) groups is 6. The summed E-state index contributed by atoms with van der Waals surface area (Å²) in [5.41, 5.74) is 39.8. The average molecular weight is 1580 g/mol. The number of aryl methyl sites for hydroxylation is 1. The van der Waals surface area contributed by atoms with Crippen molar-refractivity contribution in [1.82, 2.24) is 73.4 Å². The zero-order valence-corrected chi connectivity index (χ0v) is 63.3. The Morgan fingerprint density at radius 3 is 1.19 bits per heavy atom. The minimum Gasteiger partial charge on any atom is -0.383 e. The molecule has 4 aliphatic carbocycles. The molecule has 12 N–H and O–H groups in total. The molecule has 0 unspecified atom stereocenters. The van der Waals surface area contributed by atoms with Crippen molar-refractivity contribution in [2.45, 2.75) is 142 Å². The van der Waals surface area contributed by atoms with Crippen LogP contribution < -0.4 is 34.4 Å². The molecule has 3 saturated heterocycles. The number of halogens is 7. The van der Waals surface area contributed by atoms with Gasteiger partial charge in [-0.2, -0.15) is 56.9 Å². The van der Waals surface area contributed by atoms with Crippen LogP contribution in [0, 0.1) is 64.6 Å². The second-order valence-corrected chi connectivity index (χ2v) is 31.4. The molecule has 4 saturated carbocycles. The van der Waals surface area contributed by atoms with Gasteiger partial charge < -0.3 is 49.1 Å². The zero-order chi connectivity index (χ0) is 81.1. The van der Waals surface area contributed by atoms with Crippen LogP contribution in [0.2, 0.25) is 5.02 Å². The Hall–Kier alpha value is -12.3. The largest absolute Gasteiger partial charge is 0.416 e. The number of nitrogen functional groups attached to an aromatic ring is 3. The highest BCUT2D eigenvalue weighted by atomic mass is 35.5. The number of rotatable bonds is 15. The molecule has 0 bridgehead atoms. The molecule has 9 heterocycles. The van der Waals surface area contributed by atoms with E-state index in [1.54, 1.807) is 74.0 Å². The summed E-state index contributed by atoms with van der Waals surface area (Å²) in [7, 11) is 0. The molecule has 0 radical (unpaired) electrons. The van der Waals surface area contributed by atoms with Crippen LogP contribution in [0.1, 0.15) is 167 Å². The van der Waals surface area contributed by atoms with Gasteiger partial charge >= 0.3 is 12.4 Å². The molecule has 114 heavy (non-hydrogen) atoms. The maximum atomic E-state index is 13.2. The van der Waals surface area contributed by atoms with Gasteiger partial charge in [-0.05, 0) is 172 Å². The van der Waals surface area contributed by atoms with E-state index >= 15 is 0 Å². The molecule has 3 aliphatic heterocycles. The van der Waals surface area contributed by atoms with Gasteiger partial charge in [0.25, 0.3) is 35.4 Å². The van der Waals surface area contributed by atoms with Gasteiger partial charge in [0.2, 0.25) is 0 Å². The lowest BCUT2D eigenvalue weighted by Crippen LogP contribution is -2.42. The quantitative estimate of drug-likeness (QED) is 0.0411. The number of hydrogen-bond donors (Lipinski definition) is 6. The van der Waals surface area contributed by atoms with E-state index in [9.17, 15) is 55.1 Å². The standard InChI is InChI=1S/C27H28F3N7O2.C27H29N7O2.C26H25ClF3N7O2/c1-3-4-21(38)35-6-5-26(15-35)10-20(11-26)37-24(31)22(25(32)39)23(34-37)18-12-33-36(14-18)13-17-7-16(2)8-19(9-17)27(28,29)30;28-25-23(26(29)36)24(20-14-30-33(16-20)15-19-4-2-1-3-5-19)31-34(25)21-12-27(13-21)10-11-32(17-27)22(35)9-8-18-6-7-18;1-2-3-20(38)35-5-4-25(14-35)9-19(10-25)37-23(31)21(24(32)39)22(34-37)16-11-33-36(13-16)12-15-6-17(26(28,29)30)8-18(27)7-15/h7-9,12,14,20H,5-6,10-11,13,15,31H2,1-2H3,(H2,32,39);1-5,14,16,18,21H,6-7,10-13,15,17,28H2,(H2,29,36);6-8,11,13,19H,4-5,9-10,12,14,31H2,1H3,(H2,32,39). The van der Waals surface area contributed by atoms with Crippen molar-refractivity contribution in [2.75, 3.05) is 56.5 Å². The Bertz CT molecular complexity index is 5270. The number of amides is 6. The number of primary amides is 3. The number of alkyl halides is 6. The number of benzene rings is 3. The molecule has 3 aromatic carbocycles. The van der Waals surface area contributed by atoms with Crippen molar-refractivity contribution in [2.24, 2.45) is 39.4 Å². The number of nitrogens with two attached hydrogens (primary N) is 6. The van der Waals surface area contributed by atoms with E-state index in [1.165, 1.54) is 27.8 Å². The van der Waals surface area contributed by atoms with Crippen molar-refractivity contribution < 1.29 is 55.1 Å². The second-order valence-electron chi connectivity index (χ2n) is 31.0. The molecule has 6 aromatic heterocycles. The molecular weight excluding hydrogens is 1500 g/mol. The predicted molar refractivity (Wildman–Crippen MR) is 409 cm³/mol. The van der Waals surface area contributed by atoms with Gasteiger partial charge in [0.05, 0.1) is 67.5 Å². The number of hydrogen-bond acceptors (Lipinski definition) is 15. The monoisotopic (exact) mass is 1580 g/mol. The lowest BCUT2D eigenvalue weighted by molar-refractivity contribution is -0.138. The van der Waals surface area contributed by atoms with Crippen LogP contribution in [-0.2, 0) is 46.4 Å². The first-order valence-corrected chi connectivity index (χ1v) is 37.5. The summed E-state index contributed by atoms with van der Waals surface area (Å²) in [6, 6.07) is 17.1. The van der Waals surface area contributed by atoms with Crippen LogP contribution in [0.3, 0.4) is 0 Å². The van der Waals surface area contributed by atoms with E-state index in [4.69, 9.17) is 51.1 Å². The summed E-state index contributed by atoms with van der Waals surface area (Å²) in [6.07, 6.45) is 10.2. The maximum Gasteiger partial charge on any atom is 0.416 e. The summed E-state index contributed by atoms with van der Waals surface area (Å²) in [5, 5.41) is 26.9. The Morgan fingerprint density at radius 2 is 0.842 bits per heavy atom. The van der Waals surface area contributed by atoms with Crippen LogP contribution in [0.5, 0.6) is 0 Å². The number of nitrogens with zero attached hydrogens (tertiary/aromatic N) is 15. The number of anilines is 3. The van der Waals surface area contributed by atoms with Gasteiger partial charge in [0.1, 0.15) is 51.2 Å². The summed E-state index contributed by atoms with van der Waals surface area (Å²) >= 11 is 5.90. The lowest BCUT2D eigenvalue weighted by atomic mass is 9.65. The smallest absolute Gasteiger partial charge is 0.383 e. The molecule has 6 amide bonds. The fourth-order valence-corrected chi connectivity index (χ4v) is 17.2. The van der Waals surface area contributed by atoms with Crippen molar-refractivity contribution in [1.29, 1.82) is 0 Å². The highest BCUT2D eigenvalue weighted by Gasteiger charge is 2.54. The SMILES string of the molecule is CC#CC(=O)N1CCC2(CC(n3nc(-c4cnn(Cc5cc(C)cc(C(F)(F)F)c5)c4)c(C(N)=O)c3N)C2)C1.CC#CC(=O)N1CCC2(CC(n3nc(-c4cnn(Cc5cc(Cl)cc(C(F)(F)F)c5)c4)c(C(N)=O)c3N)C2)C1.NC(=O)c1c(-c2cnn(Cc3ccccc3)c2)nn(C2CC3(CCN(C(=O)C#CC4CC4)C3)C2)c1N. The zero-order valence-electron chi connectivity index (χ0n) is 62.5. The first kappa shape index (κ1) is 78.4. The highest BCUT2D eigenvalue weighted by Crippen LogP contribution is 2.58. The van der Waals surface area contributed by atoms with E-state index in [1.807, 2.05) is 41.4 Å². The number of aromatic nitrogens is 12. The molecule has 7 fully saturated rings. The van der Waals surface area contributed by atoms with Crippen molar-refractivity contribution >= 4 is 64.5 Å². The van der Waals surface area contributed by atoms with Crippen molar-refractivity contribution in [3.63, 3.8) is 0 Å². The van der Waals surface area contributed by atoms with Crippen molar-refractivity contribution in [3.05, 3.63) is 159 Å². The third kappa shape index (κ3) is 16.4. The Morgan fingerprint density at radius 1 is 0.491 bits per heavy atom. The van der Waals surface area contributed by atoms with Gasteiger partial charge in [0.15, 0.2) is 0 Å². The third-order valence-corrected chi connectivity index (χ3v) is 22.8. The lowest BCUT2D eigenvalue weighted by Gasteiger charge is -2.45. The topological polar surface area (TPSA) is 375 Å². The van der Waals surface area contributed by atoms with E-state index < -0.39 is 41.2 Å². The maximum absolute atomic E-state index is 13.2. The molecule has 9 aromatic rings. The van der Waals surface area contributed by atoms with E-state index in [2.05, 4.69) is 61.0 Å². The van der Waals surface area contributed by atoms with Crippen LogP contribution in [0.25, 0.3) is 33.8 Å². The summed E-state index contributed by atoms with van der Waals surface area (Å²) in [6.45, 7) is 9.54. The normalized spacial score (nSPS) is 21.2. The molecule has 16 rings (SSSR count). The molecule has 592 valence electrons. The summed E-state index contributed by atoms with van der Waals surface area (Å²) in [4.78, 5) is 79.2. The molecule has 0 atom stereocenters. The minimum absolute atomic E-state index is 0.00844. The van der Waals surface area contributed by atoms with Crippen LogP contribution in [0.4, 0.5) is 43.8 Å². The summed E-state index contributed by atoms with van der Waals surface area (Å²) < 4.78 is 88.9. The van der Waals surface area contributed by atoms with Crippen LogP contribution >= 0.6 is 11.6 Å². The van der Waals surface area contributed by atoms with Crippen LogP contribution in [-0.4, -0.2) is 148 Å². The Kier molecular flexibility index (Phi) is 21.1. The highest BCUT2D eigenvalue weighted by molar-refractivity contribution is 6.30. The van der Waals surface area contributed by atoms with Gasteiger partial charge in [-0.1, -0.05) is 71.3 Å². The minimum atomic E-state index is -4.54. The van der Waals surface area contributed by atoms with Gasteiger partial charge in [0, 0.05) is 85.5 Å². The molecule has 7 aliphatic rings. The average Bonchev–Trinajstić information content (AvgIpc) is 1.61. The van der Waals surface area contributed by atoms with E-state index in [0.717, 1.165) is 107 Å². The fourth-order valence-electron chi connectivity index (χ4n) is 16.9. The summed E-state index contributed by atoms with van der Waals surface area (Å²) in [5.74, 6) is 14.8. The molecular formula is C80H82ClF6N21O6. The second kappa shape index (κ2) is 30.6. The van der Waals surface area contributed by atoms with Crippen molar-refractivity contribution in [3.8, 4) is 69.3 Å². The number of likely N-dealkylation sites (tertiary alicyclic amines) is 3. The molecule has 34 heteroatoms. The molecule has 27 nitrogen and oxygen atoms in total. The van der Waals surface area contributed by atoms with Crippen LogP contribution in [0.15, 0.2) is 104 Å². The first-order valence-electron chi connectivity index (χ1n) is 37.1. The Labute approximate surface area is 655 Å². The first-order chi connectivity index (χ1) is 54.2. The van der Waals surface area contributed by atoms with E-state index in [0.29, 0.717) is 84.3 Å². The number of carbonyl (C=O) groups excluding carboxylic acids is 6.